The summed E-state index contributed by atoms with van der Waals surface area (Å²) in [5.41, 5.74) is -0.687. The molecule has 0 spiro atoms. The molecular formula is C19H29N4O3S2+. The van der Waals surface area contributed by atoms with Crippen LogP contribution in [0.5, 0.6) is 0 Å². The van der Waals surface area contributed by atoms with Crippen molar-refractivity contribution in [1.82, 2.24) is 9.21 Å². The molecular weight excluding hydrogens is 396 g/mol. The fourth-order valence-electron chi connectivity index (χ4n) is 4.32. The van der Waals surface area contributed by atoms with Crippen LogP contribution in [0.2, 0.25) is 0 Å². The molecule has 2 heterocycles. The number of nitrogens with one attached hydrogen (secondary N) is 1. The van der Waals surface area contributed by atoms with E-state index in [1.807, 2.05) is 6.92 Å². The van der Waals surface area contributed by atoms with Gasteiger partial charge in [-0.1, -0.05) is 25.3 Å². The molecule has 1 aliphatic carbocycles. The molecule has 1 amide bonds. The van der Waals surface area contributed by atoms with Crippen molar-refractivity contribution in [2.75, 3.05) is 33.2 Å². The second kappa shape index (κ2) is 8.49. The largest absolute Gasteiger partial charge is 0.323 e. The summed E-state index contributed by atoms with van der Waals surface area (Å²) in [6.45, 7) is 3.88. The van der Waals surface area contributed by atoms with E-state index in [2.05, 4.69) is 6.07 Å². The Kier molecular flexibility index (Phi) is 6.44. The van der Waals surface area contributed by atoms with Gasteiger partial charge < -0.3 is 9.80 Å². The first kappa shape index (κ1) is 21.2. The van der Waals surface area contributed by atoms with E-state index in [0.29, 0.717) is 30.4 Å². The Bertz CT molecular complexity index is 818. The number of likely N-dealkylation sites (N-methyl/N-ethyl adjacent to an activating group) is 1. The molecule has 3 rings (SSSR count). The van der Waals surface area contributed by atoms with Crippen LogP contribution in [0, 0.1) is 11.3 Å². The van der Waals surface area contributed by atoms with Gasteiger partial charge in [0.25, 0.3) is 15.9 Å². The number of sulfonamides is 1. The number of thiophene rings is 1. The van der Waals surface area contributed by atoms with Gasteiger partial charge in [-0.25, -0.2) is 8.42 Å². The van der Waals surface area contributed by atoms with Gasteiger partial charge in [-0.15, -0.1) is 11.3 Å². The smallest absolute Gasteiger partial charge is 0.281 e. The van der Waals surface area contributed by atoms with Gasteiger partial charge in [0, 0.05) is 7.05 Å². The number of carbonyl (C=O) groups is 1. The quantitative estimate of drug-likeness (QED) is 0.753. The first-order valence-electron chi connectivity index (χ1n) is 9.89. The molecule has 154 valence electrons. The van der Waals surface area contributed by atoms with E-state index in [0.717, 1.165) is 37.0 Å². The third-order valence-corrected chi connectivity index (χ3v) is 9.57. The van der Waals surface area contributed by atoms with Gasteiger partial charge in [0.05, 0.1) is 32.2 Å². The summed E-state index contributed by atoms with van der Waals surface area (Å²) in [5, 5.41) is 11.5. The number of hydrogen-bond donors (Lipinski definition) is 1. The maximum Gasteiger partial charge on any atom is 0.281 e. The summed E-state index contributed by atoms with van der Waals surface area (Å²) in [5.74, 6) is -0.0204. The molecule has 1 N–H and O–H groups in total. The minimum absolute atomic E-state index is 0.0204. The molecule has 0 radical (unpaired) electrons. The van der Waals surface area contributed by atoms with Crippen LogP contribution >= 0.6 is 11.3 Å². The Morgan fingerprint density at radius 2 is 1.96 bits per heavy atom. The van der Waals surface area contributed by atoms with Gasteiger partial charge in [-0.3, -0.25) is 4.79 Å². The maximum absolute atomic E-state index is 13.1. The highest BCUT2D eigenvalue weighted by molar-refractivity contribution is 7.91. The molecule has 0 aromatic carbocycles. The molecule has 1 saturated heterocycles. The molecule has 28 heavy (non-hydrogen) atoms. The zero-order valence-electron chi connectivity index (χ0n) is 16.6. The van der Waals surface area contributed by atoms with Gasteiger partial charge in [-0.2, -0.15) is 9.57 Å². The number of hydrogen-bond acceptors (Lipinski definition) is 5. The van der Waals surface area contributed by atoms with Gasteiger partial charge >= 0.3 is 0 Å². The summed E-state index contributed by atoms with van der Waals surface area (Å²) < 4.78 is 27.2. The minimum atomic E-state index is -3.44. The van der Waals surface area contributed by atoms with Crippen LogP contribution in [0.15, 0.2) is 21.7 Å². The molecule has 1 saturated carbocycles. The lowest BCUT2D eigenvalue weighted by atomic mass is 9.81. The topological polar surface area (TPSA) is 85.9 Å². The van der Waals surface area contributed by atoms with E-state index in [-0.39, 0.29) is 11.9 Å². The number of nitrogens with zero attached hydrogens (tertiary/aromatic N) is 3. The van der Waals surface area contributed by atoms with Gasteiger partial charge in [0.2, 0.25) is 0 Å². The predicted molar refractivity (Wildman–Crippen MR) is 107 cm³/mol. The van der Waals surface area contributed by atoms with Crippen molar-refractivity contribution in [3.63, 3.8) is 0 Å². The standard InChI is InChI=1S/C19H28N4O3S2/c1-16(18(24)21(2)19(15-20)8-4-3-5-9-19)22-10-12-23(13-11-22)28(25,26)17-7-6-14-27-17/h6-7,14,16H,3-5,8-13H2,1-2H3/p+1/t16-/m0/s1. The van der Waals surface area contributed by atoms with Crippen LogP contribution in [0.3, 0.4) is 0 Å². The van der Waals surface area contributed by atoms with Crippen LogP contribution in [0.25, 0.3) is 0 Å². The van der Waals surface area contributed by atoms with Crippen molar-refractivity contribution >= 4 is 27.3 Å². The summed E-state index contributed by atoms with van der Waals surface area (Å²) in [4.78, 5) is 15.8. The fourth-order valence-corrected chi connectivity index (χ4v) is 6.91. The Hall–Kier alpha value is -1.47. The van der Waals surface area contributed by atoms with E-state index in [4.69, 9.17) is 0 Å². The highest BCUT2D eigenvalue weighted by atomic mass is 32.2. The first-order valence-corrected chi connectivity index (χ1v) is 12.2. The summed E-state index contributed by atoms with van der Waals surface area (Å²) >= 11 is 1.23. The van der Waals surface area contributed by atoms with Gasteiger partial charge in [-0.05, 0) is 31.2 Å². The monoisotopic (exact) mass is 425 g/mol. The Morgan fingerprint density at radius 1 is 1.32 bits per heavy atom. The highest BCUT2D eigenvalue weighted by Crippen LogP contribution is 2.32. The molecule has 1 aromatic rings. The van der Waals surface area contributed by atoms with E-state index >= 15 is 0 Å². The molecule has 9 heteroatoms. The second-order valence-corrected chi connectivity index (χ2v) is 10.9. The second-order valence-electron chi connectivity index (χ2n) is 7.82. The van der Waals surface area contributed by atoms with Crippen LogP contribution in [-0.4, -0.2) is 68.3 Å². The highest BCUT2D eigenvalue weighted by Gasteiger charge is 2.43. The van der Waals surface area contributed by atoms with E-state index in [1.165, 1.54) is 15.6 Å². The number of carbonyl (C=O) groups excluding carboxylic acids is 1. The Balaban J connectivity index is 1.62. The zero-order chi connectivity index (χ0) is 20.4. The van der Waals surface area contributed by atoms with Gasteiger partial charge in [0.1, 0.15) is 9.75 Å². The lowest BCUT2D eigenvalue weighted by molar-refractivity contribution is -0.918. The first-order chi connectivity index (χ1) is 13.3. The van der Waals surface area contributed by atoms with Crippen molar-refractivity contribution in [3.05, 3.63) is 17.5 Å². The third kappa shape index (κ3) is 3.96. The molecule has 7 nitrogen and oxygen atoms in total. The van der Waals surface area contributed by atoms with Crippen LogP contribution in [-0.2, 0) is 14.8 Å². The van der Waals surface area contributed by atoms with E-state index in [9.17, 15) is 18.5 Å². The van der Waals surface area contributed by atoms with Crippen molar-refractivity contribution in [2.24, 2.45) is 0 Å². The lowest BCUT2D eigenvalue weighted by Gasteiger charge is -2.41. The average Bonchev–Trinajstić information content (AvgIpc) is 3.28. The van der Waals surface area contributed by atoms with Crippen molar-refractivity contribution in [1.29, 1.82) is 5.26 Å². The lowest BCUT2D eigenvalue weighted by Crippen LogP contribution is -3.19. The third-order valence-electron chi connectivity index (χ3n) is 6.30. The number of nitriles is 1. The summed E-state index contributed by atoms with van der Waals surface area (Å²) in [6.07, 6.45) is 4.55. The predicted octanol–water partition coefficient (Wildman–Crippen LogP) is 0.711. The Labute approximate surface area is 171 Å². The van der Waals surface area contributed by atoms with E-state index in [1.54, 1.807) is 29.5 Å². The Morgan fingerprint density at radius 3 is 2.50 bits per heavy atom. The molecule has 1 aromatic heterocycles. The number of piperazine rings is 1. The molecule has 2 fully saturated rings. The number of rotatable bonds is 5. The molecule has 1 atom stereocenters. The van der Waals surface area contributed by atoms with Crippen molar-refractivity contribution < 1.29 is 18.1 Å². The van der Waals surface area contributed by atoms with Crippen molar-refractivity contribution in [2.45, 2.75) is 54.8 Å². The zero-order valence-corrected chi connectivity index (χ0v) is 18.2. The van der Waals surface area contributed by atoms with Gasteiger partial charge in [0.15, 0.2) is 6.04 Å². The molecule has 2 aliphatic rings. The SMILES string of the molecule is C[C@@H](C(=O)N(C)C1(C#N)CCCCC1)[NH+]1CCN(S(=O)(=O)c2cccs2)CC1. The van der Waals surface area contributed by atoms with Crippen LogP contribution < -0.4 is 4.90 Å². The molecule has 0 bridgehead atoms. The van der Waals surface area contributed by atoms with E-state index < -0.39 is 15.6 Å². The van der Waals surface area contributed by atoms with Crippen LogP contribution in [0.4, 0.5) is 0 Å². The fraction of sp³-hybridized carbons (Fsp3) is 0.684. The minimum Gasteiger partial charge on any atom is -0.323 e. The number of quaternary nitrogens is 1. The van der Waals surface area contributed by atoms with Crippen LogP contribution in [0.1, 0.15) is 39.0 Å². The average molecular weight is 426 g/mol. The number of amides is 1. The van der Waals surface area contributed by atoms with Crippen molar-refractivity contribution in [3.8, 4) is 6.07 Å². The summed E-state index contributed by atoms with van der Waals surface area (Å²) in [6, 6.07) is 5.49. The molecule has 0 unspecified atom stereocenters. The summed E-state index contributed by atoms with van der Waals surface area (Å²) in [7, 11) is -1.68. The maximum atomic E-state index is 13.1. The molecule has 1 aliphatic heterocycles. The normalized spacial score (nSPS) is 22.3.